The Morgan fingerprint density at radius 1 is 1.50 bits per heavy atom. The van der Waals surface area contributed by atoms with Crippen molar-refractivity contribution in [1.29, 1.82) is 0 Å². The fourth-order valence-electron chi connectivity index (χ4n) is 2.42. The zero-order chi connectivity index (χ0) is 11.5. The minimum atomic E-state index is 0.621. The normalized spacial score (nSPS) is 16.7. The molecule has 1 heterocycles. The number of nitrogens with zero attached hydrogens (tertiary/aromatic N) is 2. The van der Waals surface area contributed by atoms with Crippen molar-refractivity contribution < 1.29 is 0 Å². The van der Waals surface area contributed by atoms with E-state index in [1.807, 2.05) is 12.3 Å². The number of aromatic nitrogens is 1. The molecule has 1 fully saturated rings. The smallest absolute Gasteiger partial charge is 0.147 e. The van der Waals surface area contributed by atoms with Crippen molar-refractivity contribution in [3.8, 4) is 0 Å². The number of pyridine rings is 1. The number of hydrogen-bond donors (Lipinski definition) is 0. The Hall–Kier alpha value is -0.280. The summed E-state index contributed by atoms with van der Waals surface area (Å²) in [7, 11) is 0. The number of anilines is 1. The Morgan fingerprint density at radius 3 is 2.75 bits per heavy atom. The maximum atomic E-state index is 6.25. The molecule has 2 rings (SSSR count). The molecule has 16 heavy (non-hydrogen) atoms. The van der Waals surface area contributed by atoms with Crippen molar-refractivity contribution in [2.75, 3.05) is 11.4 Å². The van der Waals surface area contributed by atoms with Crippen LogP contribution in [0.3, 0.4) is 0 Å². The van der Waals surface area contributed by atoms with Crippen LogP contribution in [-0.2, 0) is 0 Å². The zero-order valence-corrected chi connectivity index (χ0v) is 11.8. The van der Waals surface area contributed by atoms with Gasteiger partial charge in [-0.05, 0) is 41.8 Å². The molecule has 1 aliphatic carbocycles. The van der Waals surface area contributed by atoms with Crippen molar-refractivity contribution in [3.05, 3.63) is 21.8 Å². The second-order valence-electron chi connectivity index (χ2n) is 4.18. The van der Waals surface area contributed by atoms with Gasteiger partial charge in [0.25, 0.3) is 0 Å². The van der Waals surface area contributed by atoms with Crippen LogP contribution < -0.4 is 4.90 Å². The maximum absolute atomic E-state index is 6.25. The lowest BCUT2D eigenvalue weighted by Gasteiger charge is -2.29. The number of rotatable bonds is 3. The molecule has 1 aromatic heterocycles. The first-order valence-corrected chi connectivity index (χ1v) is 6.97. The highest BCUT2D eigenvalue weighted by Gasteiger charge is 2.23. The third-order valence-electron chi connectivity index (χ3n) is 3.17. The molecule has 0 spiro atoms. The van der Waals surface area contributed by atoms with E-state index in [4.69, 9.17) is 11.6 Å². The predicted octanol–water partition coefficient (Wildman–Crippen LogP) is 4.27. The highest BCUT2D eigenvalue weighted by Crippen LogP contribution is 2.32. The molecule has 0 aliphatic heterocycles. The van der Waals surface area contributed by atoms with Crippen molar-refractivity contribution in [2.24, 2.45) is 0 Å². The van der Waals surface area contributed by atoms with E-state index in [0.717, 1.165) is 21.9 Å². The summed E-state index contributed by atoms with van der Waals surface area (Å²) in [6, 6.07) is 2.54. The molecule has 0 bridgehead atoms. The van der Waals surface area contributed by atoms with Gasteiger partial charge in [-0.25, -0.2) is 4.98 Å². The first-order chi connectivity index (χ1) is 7.72. The van der Waals surface area contributed by atoms with Gasteiger partial charge in [-0.15, -0.1) is 0 Å². The van der Waals surface area contributed by atoms with Crippen molar-refractivity contribution in [2.45, 2.75) is 38.6 Å². The van der Waals surface area contributed by atoms with E-state index >= 15 is 0 Å². The molecular formula is C12H16BrClN2. The Labute approximate surface area is 110 Å². The minimum absolute atomic E-state index is 0.621. The van der Waals surface area contributed by atoms with Crippen LogP contribution in [-0.4, -0.2) is 17.6 Å². The van der Waals surface area contributed by atoms with E-state index in [-0.39, 0.29) is 0 Å². The average molecular weight is 304 g/mol. The van der Waals surface area contributed by atoms with E-state index in [0.29, 0.717) is 6.04 Å². The van der Waals surface area contributed by atoms with Crippen LogP contribution in [0.25, 0.3) is 0 Å². The molecule has 0 radical (unpaired) electrons. The van der Waals surface area contributed by atoms with E-state index in [1.54, 1.807) is 0 Å². The summed E-state index contributed by atoms with van der Waals surface area (Å²) in [5.74, 6) is 0.930. The topological polar surface area (TPSA) is 16.1 Å². The van der Waals surface area contributed by atoms with Gasteiger partial charge >= 0.3 is 0 Å². The third-order valence-corrected chi connectivity index (χ3v) is 3.88. The first kappa shape index (κ1) is 12.2. The number of hydrogen-bond acceptors (Lipinski definition) is 2. The summed E-state index contributed by atoms with van der Waals surface area (Å²) < 4.78 is 0.934. The largest absolute Gasteiger partial charge is 0.353 e. The van der Waals surface area contributed by atoms with Gasteiger partial charge in [0.2, 0.25) is 0 Å². The van der Waals surface area contributed by atoms with Crippen LogP contribution in [0.2, 0.25) is 5.02 Å². The van der Waals surface area contributed by atoms with Crippen molar-refractivity contribution in [3.63, 3.8) is 0 Å². The standard InChI is InChI=1S/C12H16BrClN2/c1-2-16(10-5-3-4-6-10)12-11(14)7-9(13)8-15-12/h7-8,10H,2-6H2,1H3. The second kappa shape index (κ2) is 5.37. The van der Waals surface area contributed by atoms with Crippen molar-refractivity contribution in [1.82, 2.24) is 4.98 Å². The Bertz CT molecular complexity index is 364. The van der Waals surface area contributed by atoms with Gasteiger partial charge in [0.15, 0.2) is 0 Å². The van der Waals surface area contributed by atoms with Crippen LogP contribution >= 0.6 is 27.5 Å². The fraction of sp³-hybridized carbons (Fsp3) is 0.583. The van der Waals surface area contributed by atoms with Crippen LogP contribution in [0.15, 0.2) is 16.7 Å². The first-order valence-electron chi connectivity index (χ1n) is 5.80. The van der Waals surface area contributed by atoms with Crippen LogP contribution in [0.5, 0.6) is 0 Å². The van der Waals surface area contributed by atoms with Gasteiger partial charge in [-0.1, -0.05) is 24.4 Å². The molecule has 1 aromatic rings. The molecule has 1 aliphatic rings. The van der Waals surface area contributed by atoms with Gasteiger partial charge < -0.3 is 4.90 Å². The fourth-order valence-corrected chi connectivity index (χ4v) is 3.15. The van der Waals surface area contributed by atoms with Gasteiger partial charge in [0.1, 0.15) is 5.82 Å². The lowest BCUT2D eigenvalue weighted by molar-refractivity contribution is 0.613. The van der Waals surface area contributed by atoms with Gasteiger partial charge in [0, 0.05) is 23.3 Å². The third kappa shape index (κ3) is 2.51. The second-order valence-corrected chi connectivity index (χ2v) is 5.51. The zero-order valence-electron chi connectivity index (χ0n) is 9.42. The molecule has 0 N–H and O–H groups in total. The molecule has 0 aromatic carbocycles. The van der Waals surface area contributed by atoms with Crippen molar-refractivity contribution >= 4 is 33.3 Å². The quantitative estimate of drug-likeness (QED) is 0.829. The molecule has 1 saturated carbocycles. The summed E-state index contributed by atoms with van der Waals surface area (Å²) >= 11 is 9.63. The lowest BCUT2D eigenvalue weighted by atomic mass is 10.2. The monoisotopic (exact) mass is 302 g/mol. The van der Waals surface area contributed by atoms with Gasteiger partial charge in [-0.2, -0.15) is 0 Å². The molecule has 0 atom stereocenters. The number of halogens is 2. The molecular weight excluding hydrogens is 288 g/mol. The van der Waals surface area contributed by atoms with E-state index in [1.165, 1.54) is 25.7 Å². The van der Waals surface area contributed by atoms with E-state index < -0.39 is 0 Å². The van der Waals surface area contributed by atoms with E-state index in [9.17, 15) is 0 Å². The lowest BCUT2D eigenvalue weighted by Crippen LogP contribution is -2.33. The highest BCUT2D eigenvalue weighted by atomic mass is 79.9. The predicted molar refractivity (Wildman–Crippen MR) is 72.2 cm³/mol. The molecule has 2 nitrogen and oxygen atoms in total. The SMILES string of the molecule is CCN(c1ncc(Br)cc1Cl)C1CCCC1. The molecule has 0 unspecified atom stereocenters. The van der Waals surface area contributed by atoms with Crippen LogP contribution in [0.1, 0.15) is 32.6 Å². The Morgan fingerprint density at radius 2 is 2.19 bits per heavy atom. The summed E-state index contributed by atoms with van der Waals surface area (Å²) in [6.45, 7) is 3.14. The maximum Gasteiger partial charge on any atom is 0.147 e. The van der Waals surface area contributed by atoms with Gasteiger partial charge in [0.05, 0.1) is 5.02 Å². The average Bonchev–Trinajstić information content (AvgIpc) is 2.75. The molecule has 0 amide bonds. The Kier molecular flexibility index (Phi) is 4.09. The van der Waals surface area contributed by atoms with E-state index in [2.05, 4.69) is 32.7 Å². The summed E-state index contributed by atoms with van der Waals surface area (Å²) in [4.78, 5) is 6.78. The Balaban J connectivity index is 2.25. The molecule has 0 saturated heterocycles. The molecule has 4 heteroatoms. The minimum Gasteiger partial charge on any atom is -0.353 e. The van der Waals surface area contributed by atoms with Crippen LogP contribution in [0, 0.1) is 0 Å². The summed E-state index contributed by atoms with van der Waals surface area (Å²) in [5, 5.41) is 0.739. The summed E-state index contributed by atoms with van der Waals surface area (Å²) in [5.41, 5.74) is 0. The van der Waals surface area contributed by atoms with Crippen LogP contribution in [0.4, 0.5) is 5.82 Å². The molecule has 88 valence electrons. The highest BCUT2D eigenvalue weighted by molar-refractivity contribution is 9.10. The van der Waals surface area contributed by atoms with Gasteiger partial charge in [-0.3, -0.25) is 0 Å². The summed E-state index contributed by atoms with van der Waals surface area (Å²) in [6.07, 6.45) is 7.01.